The van der Waals surface area contributed by atoms with Crippen LogP contribution in [-0.4, -0.2) is 52.1 Å². The highest BCUT2D eigenvalue weighted by Gasteiger charge is 2.25. The van der Waals surface area contributed by atoms with Gasteiger partial charge in [-0.3, -0.25) is 4.79 Å². The fourth-order valence-electron chi connectivity index (χ4n) is 2.31. The zero-order valence-corrected chi connectivity index (χ0v) is 18.1. The topological polar surface area (TPSA) is 84.5 Å². The van der Waals surface area contributed by atoms with Crippen LogP contribution in [0.15, 0.2) is 29.2 Å². The van der Waals surface area contributed by atoms with Crippen LogP contribution in [0.5, 0.6) is 0 Å². The quantitative estimate of drug-likeness (QED) is 0.456. The second-order valence-corrected chi connectivity index (χ2v) is 9.08. The first-order chi connectivity index (χ1) is 12.9. The van der Waals surface area contributed by atoms with Crippen molar-refractivity contribution in [1.82, 2.24) is 10.0 Å². The van der Waals surface area contributed by atoms with Crippen molar-refractivity contribution < 1.29 is 17.9 Å². The summed E-state index contributed by atoms with van der Waals surface area (Å²) in [5, 5.41) is 2.81. The highest BCUT2D eigenvalue weighted by Crippen LogP contribution is 2.12. The molecule has 0 saturated carbocycles. The standard InChI is InChI=1S/C19H32N2O4S2/c1-4-5-13-25-14-6-12-20-19(22)18(11-15-26-3)21-27(23,24)17-9-7-16(2)8-10-17/h7-10,18,21H,4-6,11-15H2,1-3H3,(H,20,22). The van der Waals surface area contributed by atoms with Gasteiger partial charge in [0.15, 0.2) is 0 Å². The molecule has 1 aromatic rings. The molecule has 1 unspecified atom stereocenters. The highest BCUT2D eigenvalue weighted by molar-refractivity contribution is 7.98. The fourth-order valence-corrected chi connectivity index (χ4v) is 4.01. The van der Waals surface area contributed by atoms with E-state index in [2.05, 4.69) is 17.0 Å². The first-order valence-corrected chi connectivity index (χ1v) is 12.2. The zero-order valence-electron chi connectivity index (χ0n) is 16.5. The Bertz CT molecular complexity index is 648. The lowest BCUT2D eigenvalue weighted by molar-refractivity contribution is -0.122. The SMILES string of the molecule is CCCCOCCCNC(=O)C(CCSC)NS(=O)(=O)c1ccc(C)cc1. The van der Waals surface area contributed by atoms with Gasteiger partial charge in [0.1, 0.15) is 6.04 Å². The number of hydrogen-bond acceptors (Lipinski definition) is 5. The number of unbranched alkanes of at least 4 members (excludes halogenated alkanes) is 1. The number of benzene rings is 1. The Labute approximate surface area is 167 Å². The van der Waals surface area contributed by atoms with Crippen LogP contribution in [0, 0.1) is 6.92 Å². The molecule has 0 bridgehead atoms. The lowest BCUT2D eigenvalue weighted by Gasteiger charge is -2.18. The first-order valence-electron chi connectivity index (χ1n) is 9.34. The summed E-state index contributed by atoms with van der Waals surface area (Å²) < 4.78 is 33.2. The molecule has 0 heterocycles. The summed E-state index contributed by atoms with van der Waals surface area (Å²) in [5.41, 5.74) is 0.979. The van der Waals surface area contributed by atoms with Crippen molar-refractivity contribution in [3.05, 3.63) is 29.8 Å². The van der Waals surface area contributed by atoms with Gasteiger partial charge in [-0.25, -0.2) is 8.42 Å². The number of hydrogen-bond donors (Lipinski definition) is 2. The van der Waals surface area contributed by atoms with Gasteiger partial charge in [-0.2, -0.15) is 16.5 Å². The molecule has 1 rings (SSSR count). The minimum atomic E-state index is -3.74. The maximum Gasteiger partial charge on any atom is 0.241 e. The van der Waals surface area contributed by atoms with E-state index in [1.54, 1.807) is 36.0 Å². The van der Waals surface area contributed by atoms with Crippen LogP contribution in [-0.2, 0) is 19.6 Å². The third kappa shape index (κ3) is 9.60. The van der Waals surface area contributed by atoms with E-state index in [1.807, 2.05) is 13.2 Å². The number of amides is 1. The minimum Gasteiger partial charge on any atom is -0.381 e. The van der Waals surface area contributed by atoms with E-state index in [4.69, 9.17) is 4.74 Å². The van der Waals surface area contributed by atoms with E-state index in [-0.39, 0.29) is 10.8 Å². The average Bonchev–Trinajstić information content (AvgIpc) is 2.64. The Balaban J connectivity index is 2.58. The summed E-state index contributed by atoms with van der Waals surface area (Å²) >= 11 is 1.58. The van der Waals surface area contributed by atoms with Gasteiger partial charge in [-0.15, -0.1) is 0 Å². The summed E-state index contributed by atoms with van der Waals surface area (Å²) in [6, 6.07) is 5.79. The average molecular weight is 417 g/mol. The Hall–Kier alpha value is -1.09. The van der Waals surface area contributed by atoms with Gasteiger partial charge in [0.25, 0.3) is 0 Å². The zero-order chi connectivity index (χ0) is 20.1. The maximum absolute atomic E-state index is 12.6. The van der Waals surface area contributed by atoms with Crippen LogP contribution < -0.4 is 10.0 Å². The van der Waals surface area contributed by atoms with E-state index in [1.165, 1.54) is 0 Å². The van der Waals surface area contributed by atoms with Gasteiger partial charge >= 0.3 is 0 Å². The summed E-state index contributed by atoms with van der Waals surface area (Å²) in [5.74, 6) is 0.391. The molecule has 1 aromatic carbocycles. The monoisotopic (exact) mass is 416 g/mol. The van der Waals surface area contributed by atoms with Crippen LogP contribution in [0.4, 0.5) is 0 Å². The van der Waals surface area contributed by atoms with Crippen molar-refractivity contribution in [3.8, 4) is 0 Å². The second-order valence-electron chi connectivity index (χ2n) is 6.38. The van der Waals surface area contributed by atoms with Gasteiger partial charge in [0.05, 0.1) is 4.90 Å². The predicted molar refractivity (Wildman–Crippen MR) is 112 cm³/mol. The number of rotatable bonds is 14. The lowest BCUT2D eigenvalue weighted by Crippen LogP contribution is -2.47. The van der Waals surface area contributed by atoms with E-state index in [0.717, 1.165) is 25.0 Å². The molecule has 2 N–H and O–H groups in total. The Kier molecular flexibility index (Phi) is 11.7. The number of carbonyl (C=O) groups excluding carboxylic acids is 1. The Morgan fingerprint density at radius 2 is 1.85 bits per heavy atom. The predicted octanol–water partition coefficient (Wildman–Crippen LogP) is 2.72. The summed E-state index contributed by atoms with van der Waals surface area (Å²) in [7, 11) is -3.74. The van der Waals surface area contributed by atoms with Gasteiger partial charge in [0.2, 0.25) is 15.9 Å². The maximum atomic E-state index is 12.6. The molecule has 1 amide bonds. The Morgan fingerprint density at radius 1 is 1.19 bits per heavy atom. The summed E-state index contributed by atoms with van der Waals surface area (Å²) in [6.45, 7) is 5.79. The van der Waals surface area contributed by atoms with Crippen LogP contribution in [0.2, 0.25) is 0 Å². The number of carbonyl (C=O) groups is 1. The molecule has 0 spiro atoms. The third-order valence-corrected chi connectivity index (χ3v) is 6.09. The van der Waals surface area contributed by atoms with Crippen LogP contribution >= 0.6 is 11.8 Å². The van der Waals surface area contributed by atoms with Crippen molar-refractivity contribution in [3.63, 3.8) is 0 Å². The number of thioether (sulfide) groups is 1. The van der Waals surface area contributed by atoms with Crippen molar-refractivity contribution in [2.45, 2.75) is 50.5 Å². The molecular formula is C19H32N2O4S2. The minimum absolute atomic E-state index is 0.166. The van der Waals surface area contributed by atoms with Gasteiger partial charge < -0.3 is 10.1 Å². The molecule has 0 saturated heterocycles. The molecule has 8 heteroatoms. The lowest BCUT2D eigenvalue weighted by atomic mass is 10.2. The third-order valence-electron chi connectivity index (χ3n) is 3.96. The van der Waals surface area contributed by atoms with Crippen molar-refractivity contribution in [2.24, 2.45) is 0 Å². The van der Waals surface area contributed by atoms with Crippen LogP contribution in [0.1, 0.15) is 38.2 Å². The number of ether oxygens (including phenoxy) is 1. The normalized spacial score (nSPS) is 12.7. The Morgan fingerprint density at radius 3 is 2.48 bits per heavy atom. The molecule has 154 valence electrons. The van der Waals surface area contributed by atoms with E-state index in [0.29, 0.717) is 31.7 Å². The van der Waals surface area contributed by atoms with Crippen molar-refractivity contribution >= 4 is 27.7 Å². The molecule has 27 heavy (non-hydrogen) atoms. The summed E-state index contributed by atoms with van der Waals surface area (Å²) in [6.07, 6.45) is 5.19. The molecule has 6 nitrogen and oxygen atoms in total. The van der Waals surface area contributed by atoms with Crippen molar-refractivity contribution in [1.29, 1.82) is 0 Å². The van der Waals surface area contributed by atoms with E-state index in [9.17, 15) is 13.2 Å². The number of aryl methyl sites for hydroxylation is 1. The molecule has 0 fully saturated rings. The van der Waals surface area contributed by atoms with E-state index >= 15 is 0 Å². The molecule has 0 radical (unpaired) electrons. The van der Waals surface area contributed by atoms with Gasteiger partial charge in [-0.1, -0.05) is 31.0 Å². The van der Waals surface area contributed by atoms with Crippen molar-refractivity contribution in [2.75, 3.05) is 31.8 Å². The van der Waals surface area contributed by atoms with E-state index < -0.39 is 16.1 Å². The van der Waals surface area contributed by atoms with Gasteiger partial charge in [-0.05, 0) is 50.3 Å². The number of nitrogens with one attached hydrogen (secondary N) is 2. The largest absolute Gasteiger partial charge is 0.381 e. The molecule has 1 atom stereocenters. The molecular weight excluding hydrogens is 384 g/mol. The van der Waals surface area contributed by atoms with Crippen LogP contribution in [0.3, 0.4) is 0 Å². The van der Waals surface area contributed by atoms with Gasteiger partial charge in [0, 0.05) is 19.8 Å². The molecule has 0 aliphatic heterocycles. The number of sulfonamides is 1. The highest BCUT2D eigenvalue weighted by atomic mass is 32.2. The first kappa shape index (κ1) is 23.9. The fraction of sp³-hybridized carbons (Fsp3) is 0.632. The molecule has 0 aromatic heterocycles. The second kappa shape index (κ2) is 13.1. The molecule has 0 aliphatic rings. The molecule has 0 aliphatic carbocycles. The summed E-state index contributed by atoms with van der Waals surface area (Å²) in [4.78, 5) is 12.6. The van der Waals surface area contributed by atoms with Crippen LogP contribution in [0.25, 0.3) is 0 Å². The smallest absolute Gasteiger partial charge is 0.241 e.